The number of benzene rings is 1. The van der Waals surface area contributed by atoms with Gasteiger partial charge in [-0.05, 0) is 24.3 Å². The lowest BCUT2D eigenvalue weighted by Gasteiger charge is -2.07. The van der Waals surface area contributed by atoms with Gasteiger partial charge in [0.05, 0.1) is 25.0 Å². The second-order valence-electron chi connectivity index (χ2n) is 3.69. The molecule has 2 N–H and O–H groups in total. The number of carbonyl (C=O) groups excluding carboxylic acids is 4. The van der Waals surface area contributed by atoms with Gasteiger partial charge in [-0.1, -0.05) is 0 Å². The van der Waals surface area contributed by atoms with Crippen LogP contribution in [0, 0.1) is 0 Å². The van der Waals surface area contributed by atoms with Gasteiger partial charge in [0.1, 0.15) is 0 Å². The minimum atomic E-state index is -1.42. The van der Waals surface area contributed by atoms with Crippen molar-refractivity contribution in [2.45, 2.75) is 0 Å². The summed E-state index contributed by atoms with van der Waals surface area (Å²) in [7, 11) is 0. The Kier molecular flexibility index (Phi) is 5.21. The Morgan fingerprint density at radius 3 is 1.30 bits per heavy atom. The third-order valence-electron chi connectivity index (χ3n) is 2.20. The van der Waals surface area contributed by atoms with Crippen molar-refractivity contribution in [3.63, 3.8) is 0 Å². The molecule has 8 nitrogen and oxygen atoms in total. The van der Waals surface area contributed by atoms with E-state index in [1.54, 1.807) is 0 Å². The first kappa shape index (κ1) is 15.2. The smallest absolute Gasteiger partial charge is 0.251 e. The summed E-state index contributed by atoms with van der Waals surface area (Å²) in [5.74, 6) is -4.10. The highest BCUT2D eigenvalue weighted by Gasteiger charge is 2.08. The molecule has 0 saturated carbocycles. The monoisotopic (exact) mass is 278 g/mol. The van der Waals surface area contributed by atoms with Gasteiger partial charge in [0.25, 0.3) is 11.8 Å². The molecule has 1 rings (SSSR count). The molecule has 0 unspecified atom stereocenters. The topological polar surface area (TPSA) is 138 Å². The Bertz CT molecular complexity index is 488. The molecule has 106 valence electrons. The zero-order valence-corrected chi connectivity index (χ0v) is 10.2. The molecular weight excluding hydrogens is 268 g/mol. The van der Waals surface area contributed by atoms with Gasteiger partial charge in [-0.3, -0.25) is 9.59 Å². The molecule has 1 aromatic rings. The molecule has 0 atom stereocenters. The van der Waals surface area contributed by atoms with E-state index in [0.29, 0.717) is 0 Å². The van der Waals surface area contributed by atoms with Crippen molar-refractivity contribution in [1.29, 1.82) is 0 Å². The summed E-state index contributed by atoms with van der Waals surface area (Å²) in [5, 5.41) is 24.5. The lowest BCUT2D eigenvalue weighted by molar-refractivity contribution is -0.305. The summed E-state index contributed by atoms with van der Waals surface area (Å²) >= 11 is 0. The maximum absolute atomic E-state index is 11.5. The third-order valence-corrected chi connectivity index (χ3v) is 2.20. The predicted octanol–water partition coefficient (Wildman–Crippen LogP) is -3.35. The zero-order chi connectivity index (χ0) is 15.1. The highest BCUT2D eigenvalue weighted by atomic mass is 16.4. The molecule has 0 aliphatic carbocycles. The number of rotatable bonds is 6. The predicted molar refractivity (Wildman–Crippen MR) is 61.1 cm³/mol. The van der Waals surface area contributed by atoms with Crippen LogP contribution in [0.1, 0.15) is 20.7 Å². The van der Waals surface area contributed by atoms with E-state index in [4.69, 9.17) is 0 Å². The van der Waals surface area contributed by atoms with Gasteiger partial charge in [0.15, 0.2) is 0 Å². The molecule has 0 spiro atoms. The van der Waals surface area contributed by atoms with E-state index in [-0.39, 0.29) is 11.1 Å². The SMILES string of the molecule is O=C([O-])CNC(=O)c1ccc(C(=O)NCC(=O)[O-])cc1. The number of aliphatic carboxylic acids is 2. The van der Waals surface area contributed by atoms with E-state index in [2.05, 4.69) is 10.6 Å². The van der Waals surface area contributed by atoms with Gasteiger partial charge in [0.2, 0.25) is 0 Å². The van der Waals surface area contributed by atoms with Crippen molar-refractivity contribution in [1.82, 2.24) is 10.6 Å². The molecule has 0 bridgehead atoms. The molecule has 1 aromatic carbocycles. The van der Waals surface area contributed by atoms with Crippen LogP contribution in [0.25, 0.3) is 0 Å². The molecule has 0 fully saturated rings. The minimum absolute atomic E-state index is 0.155. The Morgan fingerprint density at radius 1 is 0.750 bits per heavy atom. The molecule has 0 aliphatic heterocycles. The van der Waals surface area contributed by atoms with Gasteiger partial charge in [-0.25, -0.2) is 0 Å². The van der Waals surface area contributed by atoms with E-state index in [1.807, 2.05) is 0 Å². The molecule has 2 amide bonds. The highest BCUT2D eigenvalue weighted by Crippen LogP contribution is 2.04. The van der Waals surface area contributed by atoms with Crippen LogP contribution >= 0.6 is 0 Å². The maximum atomic E-state index is 11.5. The number of amides is 2. The lowest BCUT2D eigenvalue weighted by atomic mass is 10.1. The summed E-state index contributed by atoms with van der Waals surface area (Å²) < 4.78 is 0. The number of carboxylic acid groups (broad SMARTS) is 2. The van der Waals surface area contributed by atoms with Crippen molar-refractivity contribution in [3.8, 4) is 0 Å². The summed E-state index contributed by atoms with van der Waals surface area (Å²) in [5.41, 5.74) is 0.311. The first-order valence-corrected chi connectivity index (χ1v) is 5.46. The van der Waals surface area contributed by atoms with Crippen LogP contribution in [0.4, 0.5) is 0 Å². The summed E-state index contributed by atoms with van der Waals surface area (Å²) in [4.78, 5) is 43.3. The van der Waals surface area contributed by atoms with Crippen molar-refractivity contribution >= 4 is 23.8 Å². The largest absolute Gasteiger partial charge is 0.548 e. The number of hydrogen-bond donors (Lipinski definition) is 2. The van der Waals surface area contributed by atoms with E-state index in [9.17, 15) is 29.4 Å². The Balaban J connectivity index is 2.63. The van der Waals surface area contributed by atoms with Crippen LogP contribution < -0.4 is 20.8 Å². The summed E-state index contributed by atoms with van der Waals surface area (Å²) in [6.45, 7) is -1.24. The summed E-state index contributed by atoms with van der Waals surface area (Å²) in [6, 6.07) is 5.22. The van der Waals surface area contributed by atoms with Crippen molar-refractivity contribution in [3.05, 3.63) is 35.4 Å². The molecule has 0 heterocycles. The van der Waals surface area contributed by atoms with Gasteiger partial charge >= 0.3 is 0 Å². The molecule has 8 heteroatoms. The van der Waals surface area contributed by atoms with Crippen LogP contribution in [-0.4, -0.2) is 36.8 Å². The summed E-state index contributed by atoms with van der Waals surface area (Å²) in [6.07, 6.45) is 0. The van der Waals surface area contributed by atoms with E-state index >= 15 is 0 Å². The first-order valence-electron chi connectivity index (χ1n) is 5.46. The van der Waals surface area contributed by atoms with Gasteiger partial charge < -0.3 is 30.4 Å². The molecule has 0 radical (unpaired) electrons. The molecule has 20 heavy (non-hydrogen) atoms. The second kappa shape index (κ2) is 6.88. The lowest BCUT2D eigenvalue weighted by Crippen LogP contribution is -2.38. The van der Waals surface area contributed by atoms with Crippen LogP contribution in [0.15, 0.2) is 24.3 Å². The van der Waals surface area contributed by atoms with Gasteiger partial charge in [-0.15, -0.1) is 0 Å². The molecule has 0 aliphatic rings. The molecule has 0 aromatic heterocycles. The average Bonchev–Trinajstić information content (AvgIpc) is 2.42. The number of carbonyl (C=O) groups is 4. The second-order valence-corrected chi connectivity index (χ2v) is 3.69. The quantitative estimate of drug-likeness (QED) is 0.557. The molecular formula is C12H10N2O6-2. The number of carboxylic acids is 2. The first-order chi connectivity index (χ1) is 9.40. The van der Waals surface area contributed by atoms with Crippen molar-refractivity contribution < 1.29 is 29.4 Å². The normalized spacial score (nSPS) is 9.60. The highest BCUT2D eigenvalue weighted by molar-refractivity contribution is 5.99. The molecule has 0 saturated heterocycles. The number of nitrogens with one attached hydrogen (secondary N) is 2. The minimum Gasteiger partial charge on any atom is -0.548 e. The Morgan fingerprint density at radius 2 is 1.05 bits per heavy atom. The van der Waals surface area contributed by atoms with Crippen molar-refractivity contribution in [2.75, 3.05) is 13.1 Å². The fourth-order valence-corrected chi connectivity index (χ4v) is 1.28. The fourth-order valence-electron chi connectivity index (χ4n) is 1.28. The Hall–Kier alpha value is -2.90. The zero-order valence-electron chi connectivity index (χ0n) is 10.2. The number of hydrogen-bond acceptors (Lipinski definition) is 6. The van der Waals surface area contributed by atoms with E-state index in [1.165, 1.54) is 24.3 Å². The van der Waals surface area contributed by atoms with Gasteiger partial charge in [-0.2, -0.15) is 0 Å². The van der Waals surface area contributed by atoms with Crippen LogP contribution in [-0.2, 0) is 9.59 Å². The standard InChI is InChI=1S/C12H12N2O6/c15-9(16)5-13-11(19)7-1-2-8(4-3-7)12(20)14-6-10(17)18/h1-4H,5-6H2,(H,13,19)(H,14,20)(H,15,16)(H,17,18)/p-2. The third kappa shape index (κ3) is 4.77. The maximum Gasteiger partial charge on any atom is 0.251 e. The van der Waals surface area contributed by atoms with Gasteiger partial charge in [0, 0.05) is 11.1 Å². The van der Waals surface area contributed by atoms with E-state index < -0.39 is 36.8 Å². The average molecular weight is 278 g/mol. The van der Waals surface area contributed by atoms with E-state index in [0.717, 1.165) is 0 Å². The Labute approximate surface area is 113 Å². The van der Waals surface area contributed by atoms with Crippen LogP contribution in [0.5, 0.6) is 0 Å². The van der Waals surface area contributed by atoms with Crippen molar-refractivity contribution in [2.24, 2.45) is 0 Å². The van der Waals surface area contributed by atoms with Crippen LogP contribution in [0.2, 0.25) is 0 Å². The van der Waals surface area contributed by atoms with Crippen LogP contribution in [0.3, 0.4) is 0 Å². The fraction of sp³-hybridized carbons (Fsp3) is 0.167.